The van der Waals surface area contributed by atoms with Crippen LogP contribution in [0.5, 0.6) is 0 Å². The maximum Gasteiger partial charge on any atom is 0.245 e. The highest BCUT2D eigenvalue weighted by atomic mass is 16.5. The van der Waals surface area contributed by atoms with E-state index in [4.69, 9.17) is 10.5 Å². The number of carbonyl (C=O) groups is 1. The average molecular weight is 214 g/mol. The predicted octanol–water partition coefficient (Wildman–Crippen LogP) is 0.753. The van der Waals surface area contributed by atoms with E-state index in [2.05, 4.69) is 13.8 Å². The molecule has 2 N–H and O–H groups in total. The standard InChI is InChI=1S/C11H22N2O2/c1-3-6-13(7-4-2)10(14)11(12)5-8-15-9-11/h3-9,12H2,1-2H3. The smallest absolute Gasteiger partial charge is 0.245 e. The molecule has 1 amide bonds. The van der Waals surface area contributed by atoms with Crippen LogP contribution in [-0.4, -0.2) is 42.6 Å². The maximum atomic E-state index is 12.2. The zero-order valence-corrected chi connectivity index (χ0v) is 9.79. The van der Waals surface area contributed by atoms with Gasteiger partial charge in [0, 0.05) is 19.7 Å². The number of ether oxygens (including phenoxy) is 1. The first kappa shape index (κ1) is 12.5. The van der Waals surface area contributed by atoms with Gasteiger partial charge in [-0.2, -0.15) is 0 Å². The lowest BCUT2D eigenvalue weighted by Gasteiger charge is -2.30. The molecule has 1 aliphatic rings. The molecule has 1 atom stereocenters. The van der Waals surface area contributed by atoms with Gasteiger partial charge in [-0.1, -0.05) is 13.8 Å². The number of hydrogen-bond acceptors (Lipinski definition) is 3. The maximum absolute atomic E-state index is 12.2. The van der Waals surface area contributed by atoms with Crippen molar-refractivity contribution in [1.29, 1.82) is 0 Å². The van der Waals surface area contributed by atoms with E-state index >= 15 is 0 Å². The van der Waals surface area contributed by atoms with E-state index in [0.29, 0.717) is 19.6 Å². The number of hydrogen-bond donors (Lipinski definition) is 1. The molecule has 1 aliphatic heterocycles. The minimum Gasteiger partial charge on any atom is -0.379 e. The van der Waals surface area contributed by atoms with Crippen molar-refractivity contribution in [3.05, 3.63) is 0 Å². The van der Waals surface area contributed by atoms with Crippen molar-refractivity contribution < 1.29 is 9.53 Å². The summed E-state index contributed by atoms with van der Waals surface area (Å²) in [4.78, 5) is 14.0. The number of carbonyl (C=O) groups excluding carboxylic acids is 1. The van der Waals surface area contributed by atoms with Crippen molar-refractivity contribution >= 4 is 5.91 Å². The zero-order valence-electron chi connectivity index (χ0n) is 9.79. The van der Waals surface area contributed by atoms with E-state index in [9.17, 15) is 4.79 Å². The Hall–Kier alpha value is -0.610. The van der Waals surface area contributed by atoms with Gasteiger partial charge >= 0.3 is 0 Å². The molecule has 0 radical (unpaired) electrons. The van der Waals surface area contributed by atoms with E-state index in [1.165, 1.54) is 0 Å². The van der Waals surface area contributed by atoms with Gasteiger partial charge in [0.1, 0.15) is 5.54 Å². The highest BCUT2D eigenvalue weighted by Gasteiger charge is 2.40. The molecule has 0 saturated carbocycles. The normalized spacial score (nSPS) is 25.5. The third kappa shape index (κ3) is 2.92. The molecule has 1 heterocycles. The van der Waals surface area contributed by atoms with Crippen LogP contribution in [0.4, 0.5) is 0 Å². The van der Waals surface area contributed by atoms with Gasteiger partial charge in [-0.3, -0.25) is 4.79 Å². The average Bonchev–Trinajstić information content (AvgIpc) is 2.65. The predicted molar refractivity (Wildman–Crippen MR) is 59.5 cm³/mol. The molecule has 15 heavy (non-hydrogen) atoms. The monoisotopic (exact) mass is 214 g/mol. The molecule has 0 aliphatic carbocycles. The Labute approximate surface area is 91.8 Å². The summed E-state index contributed by atoms with van der Waals surface area (Å²) in [7, 11) is 0. The van der Waals surface area contributed by atoms with E-state index < -0.39 is 5.54 Å². The fourth-order valence-corrected chi connectivity index (χ4v) is 1.92. The Morgan fingerprint density at radius 1 is 1.40 bits per heavy atom. The molecule has 0 aromatic rings. The highest BCUT2D eigenvalue weighted by molar-refractivity contribution is 5.86. The van der Waals surface area contributed by atoms with E-state index in [-0.39, 0.29) is 5.91 Å². The van der Waals surface area contributed by atoms with Crippen LogP contribution >= 0.6 is 0 Å². The highest BCUT2D eigenvalue weighted by Crippen LogP contribution is 2.18. The SMILES string of the molecule is CCCN(CCC)C(=O)C1(N)CCOC1. The van der Waals surface area contributed by atoms with Crippen LogP contribution in [-0.2, 0) is 9.53 Å². The molecule has 0 aromatic carbocycles. The third-order valence-electron chi connectivity index (χ3n) is 2.75. The van der Waals surface area contributed by atoms with Crippen LogP contribution in [0, 0.1) is 0 Å². The first-order valence-corrected chi connectivity index (χ1v) is 5.80. The Kier molecular flexibility index (Phi) is 4.54. The molecule has 0 bridgehead atoms. The molecule has 88 valence electrons. The molecule has 1 fully saturated rings. The number of nitrogens with two attached hydrogens (primary N) is 1. The van der Waals surface area contributed by atoms with Crippen LogP contribution < -0.4 is 5.73 Å². The van der Waals surface area contributed by atoms with Gasteiger partial charge in [-0.25, -0.2) is 0 Å². The lowest BCUT2D eigenvalue weighted by molar-refractivity contribution is -0.137. The van der Waals surface area contributed by atoms with Gasteiger partial charge < -0.3 is 15.4 Å². The second kappa shape index (κ2) is 5.47. The quantitative estimate of drug-likeness (QED) is 0.735. The van der Waals surface area contributed by atoms with E-state index in [0.717, 1.165) is 25.9 Å². The van der Waals surface area contributed by atoms with Gasteiger partial charge in [0.2, 0.25) is 5.91 Å². The topological polar surface area (TPSA) is 55.6 Å². The molecule has 0 aromatic heterocycles. The Balaban J connectivity index is 2.61. The molecule has 4 heteroatoms. The van der Waals surface area contributed by atoms with E-state index in [1.807, 2.05) is 4.90 Å². The van der Waals surface area contributed by atoms with Crippen LogP contribution in [0.1, 0.15) is 33.1 Å². The fraction of sp³-hybridized carbons (Fsp3) is 0.909. The first-order valence-electron chi connectivity index (χ1n) is 5.80. The number of rotatable bonds is 5. The Bertz CT molecular complexity index is 207. The summed E-state index contributed by atoms with van der Waals surface area (Å²) in [6.07, 6.45) is 2.60. The van der Waals surface area contributed by atoms with Gasteiger partial charge in [0.15, 0.2) is 0 Å². The van der Waals surface area contributed by atoms with E-state index in [1.54, 1.807) is 0 Å². The van der Waals surface area contributed by atoms with Gasteiger partial charge in [0.05, 0.1) is 6.61 Å². The van der Waals surface area contributed by atoms with Gasteiger partial charge in [-0.05, 0) is 19.3 Å². The Morgan fingerprint density at radius 2 is 2.00 bits per heavy atom. The molecule has 1 saturated heterocycles. The van der Waals surface area contributed by atoms with Crippen LogP contribution in [0.15, 0.2) is 0 Å². The van der Waals surface area contributed by atoms with Crippen LogP contribution in [0.25, 0.3) is 0 Å². The van der Waals surface area contributed by atoms with Crippen molar-refractivity contribution in [3.8, 4) is 0 Å². The van der Waals surface area contributed by atoms with Crippen molar-refractivity contribution in [1.82, 2.24) is 4.90 Å². The summed E-state index contributed by atoms with van der Waals surface area (Å²) in [5.41, 5.74) is 5.29. The number of nitrogens with zero attached hydrogens (tertiary/aromatic N) is 1. The summed E-state index contributed by atoms with van der Waals surface area (Å²) in [5, 5.41) is 0. The molecule has 1 unspecified atom stereocenters. The lowest BCUT2D eigenvalue weighted by Crippen LogP contribution is -2.56. The molecule has 4 nitrogen and oxygen atoms in total. The zero-order chi connectivity index (χ0) is 11.3. The molecular weight excluding hydrogens is 192 g/mol. The summed E-state index contributed by atoms with van der Waals surface area (Å²) < 4.78 is 5.22. The summed E-state index contributed by atoms with van der Waals surface area (Å²) >= 11 is 0. The van der Waals surface area contributed by atoms with Gasteiger partial charge in [0.25, 0.3) is 0 Å². The summed E-state index contributed by atoms with van der Waals surface area (Å²) in [6.45, 7) is 6.72. The Morgan fingerprint density at radius 3 is 2.40 bits per heavy atom. The van der Waals surface area contributed by atoms with Gasteiger partial charge in [-0.15, -0.1) is 0 Å². The molecule has 0 spiro atoms. The lowest BCUT2D eigenvalue weighted by atomic mass is 9.98. The summed E-state index contributed by atoms with van der Waals surface area (Å²) in [6, 6.07) is 0. The molecular formula is C11H22N2O2. The largest absolute Gasteiger partial charge is 0.379 e. The second-order valence-electron chi connectivity index (χ2n) is 4.25. The molecule has 1 rings (SSSR count). The first-order chi connectivity index (χ1) is 7.14. The minimum atomic E-state index is -0.760. The van der Waals surface area contributed by atoms with Crippen molar-refractivity contribution in [3.63, 3.8) is 0 Å². The fourth-order valence-electron chi connectivity index (χ4n) is 1.92. The summed E-state index contributed by atoms with van der Waals surface area (Å²) in [5.74, 6) is 0.0590. The van der Waals surface area contributed by atoms with Crippen molar-refractivity contribution in [2.24, 2.45) is 5.73 Å². The number of amides is 1. The van der Waals surface area contributed by atoms with Crippen LogP contribution in [0.2, 0.25) is 0 Å². The van der Waals surface area contributed by atoms with Crippen molar-refractivity contribution in [2.75, 3.05) is 26.3 Å². The van der Waals surface area contributed by atoms with Crippen LogP contribution in [0.3, 0.4) is 0 Å². The van der Waals surface area contributed by atoms with Crippen molar-refractivity contribution in [2.45, 2.75) is 38.6 Å². The minimum absolute atomic E-state index is 0.0590. The second-order valence-corrected chi connectivity index (χ2v) is 4.25. The third-order valence-corrected chi connectivity index (χ3v) is 2.75.